The van der Waals surface area contributed by atoms with Crippen LogP contribution < -0.4 is 0 Å². The van der Waals surface area contributed by atoms with E-state index in [-0.39, 0.29) is 0 Å². The monoisotopic (exact) mass is 281 g/mol. The summed E-state index contributed by atoms with van der Waals surface area (Å²) in [6, 6.07) is 8.61. The largest absolute Gasteiger partial charge is 0.381 e. The molecule has 2 fully saturated rings. The van der Waals surface area contributed by atoms with E-state index in [9.17, 15) is 0 Å². The Balaban J connectivity index is 1.64. The molecule has 0 aliphatic carbocycles. The molecule has 0 aromatic heterocycles. The molecule has 16 heavy (non-hydrogen) atoms. The van der Waals surface area contributed by atoms with Crippen molar-refractivity contribution in [3.8, 4) is 0 Å². The predicted octanol–water partition coefficient (Wildman–Crippen LogP) is 2.53. The van der Waals surface area contributed by atoms with E-state index in [0.29, 0.717) is 0 Å². The molecule has 86 valence electrons. The van der Waals surface area contributed by atoms with Gasteiger partial charge in [0, 0.05) is 35.9 Å². The fourth-order valence-electron chi connectivity index (χ4n) is 2.81. The van der Waals surface area contributed by atoms with Crippen LogP contribution in [0, 0.1) is 11.8 Å². The van der Waals surface area contributed by atoms with E-state index in [1.807, 2.05) is 0 Å². The van der Waals surface area contributed by atoms with Gasteiger partial charge in [-0.1, -0.05) is 28.1 Å². The molecule has 1 aromatic carbocycles. The van der Waals surface area contributed by atoms with Crippen molar-refractivity contribution in [3.05, 3.63) is 34.3 Å². The highest BCUT2D eigenvalue weighted by molar-refractivity contribution is 9.10. The maximum absolute atomic E-state index is 5.49. The Labute approximate surface area is 105 Å². The molecule has 0 radical (unpaired) electrons. The first-order valence-electron chi connectivity index (χ1n) is 5.86. The summed E-state index contributed by atoms with van der Waals surface area (Å²) in [7, 11) is 0. The zero-order chi connectivity index (χ0) is 11.0. The van der Waals surface area contributed by atoms with Gasteiger partial charge in [-0.15, -0.1) is 0 Å². The molecule has 2 nitrogen and oxygen atoms in total. The minimum Gasteiger partial charge on any atom is -0.381 e. The molecule has 2 aliphatic rings. The summed E-state index contributed by atoms with van der Waals surface area (Å²) >= 11 is 3.52. The maximum atomic E-state index is 5.49. The van der Waals surface area contributed by atoms with E-state index in [4.69, 9.17) is 4.74 Å². The van der Waals surface area contributed by atoms with Gasteiger partial charge >= 0.3 is 0 Å². The van der Waals surface area contributed by atoms with Gasteiger partial charge < -0.3 is 4.74 Å². The third-order valence-electron chi connectivity index (χ3n) is 3.61. The lowest BCUT2D eigenvalue weighted by molar-refractivity contribution is 0.153. The minimum atomic E-state index is 0.784. The van der Waals surface area contributed by atoms with Crippen LogP contribution in [0.15, 0.2) is 28.7 Å². The second-order valence-corrected chi connectivity index (χ2v) is 5.80. The fraction of sp³-hybridized carbons (Fsp3) is 0.538. The van der Waals surface area contributed by atoms with Gasteiger partial charge in [-0.3, -0.25) is 4.90 Å². The summed E-state index contributed by atoms with van der Waals surface area (Å²) in [6.45, 7) is 5.43. The summed E-state index contributed by atoms with van der Waals surface area (Å²) in [5, 5.41) is 0. The maximum Gasteiger partial charge on any atom is 0.0510 e. The average molecular weight is 282 g/mol. The molecule has 3 rings (SSSR count). The number of benzene rings is 1. The van der Waals surface area contributed by atoms with Crippen molar-refractivity contribution in [2.24, 2.45) is 11.8 Å². The van der Waals surface area contributed by atoms with E-state index in [1.165, 1.54) is 23.1 Å². The lowest BCUT2D eigenvalue weighted by Crippen LogP contribution is -2.22. The van der Waals surface area contributed by atoms with Crippen molar-refractivity contribution in [3.63, 3.8) is 0 Å². The standard InChI is InChI=1S/C13H16BrNO/c14-13-3-1-2-10(4-13)5-15-6-11-8-16-9-12(11)7-15/h1-4,11-12H,5-9H2. The number of fused-ring (bicyclic) bond motifs is 1. The van der Waals surface area contributed by atoms with Gasteiger partial charge in [-0.2, -0.15) is 0 Å². The molecule has 2 heterocycles. The van der Waals surface area contributed by atoms with Crippen LogP contribution in [0.5, 0.6) is 0 Å². The van der Waals surface area contributed by atoms with Crippen molar-refractivity contribution >= 4 is 15.9 Å². The van der Waals surface area contributed by atoms with Crippen molar-refractivity contribution in [1.82, 2.24) is 4.90 Å². The van der Waals surface area contributed by atoms with Crippen LogP contribution in [0.3, 0.4) is 0 Å². The van der Waals surface area contributed by atoms with Crippen LogP contribution in [0.4, 0.5) is 0 Å². The quantitative estimate of drug-likeness (QED) is 0.826. The van der Waals surface area contributed by atoms with Crippen molar-refractivity contribution < 1.29 is 4.74 Å². The summed E-state index contributed by atoms with van der Waals surface area (Å²) in [4.78, 5) is 2.56. The van der Waals surface area contributed by atoms with Crippen LogP contribution in [0.25, 0.3) is 0 Å². The lowest BCUT2D eigenvalue weighted by Gasteiger charge is -2.16. The summed E-state index contributed by atoms with van der Waals surface area (Å²) in [5.41, 5.74) is 1.40. The van der Waals surface area contributed by atoms with Crippen molar-refractivity contribution in [1.29, 1.82) is 0 Å². The van der Waals surface area contributed by atoms with E-state index in [1.54, 1.807) is 0 Å². The molecule has 0 saturated carbocycles. The fourth-order valence-corrected chi connectivity index (χ4v) is 3.25. The highest BCUT2D eigenvalue weighted by atomic mass is 79.9. The van der Waals surface area contributed by atoms with Gasteiger partial charge in [-0.25, -0.2) is 0 Å². The lowest BCUT2D eigenvalue weighted by atomic mass is 10.0. The van der Waals surface area contributed by atoms with Gasteiger partial charge in [-0.05, 0) is 17.7 Å². The Morgan fingerprint density at radius 2 is 2.00 bits per heavy atom. The smallest absolute Gasteiger partial charge is 0.0510 e. The van der Waals surface area contributed by atoms with E-state index in [2.05, 4.69) is 45.1 Å². The molecule has 0 N–H and O–H groups in total. The molecule has 2 aliphatic heterocycles. The van der Waals surface area contributed by atoms with Gasteiger partial charge in [0.25, 0.3) is 0 Å². The Bertz CT molecular complexity index is 370. The second-order valence-electron chi connectivity index (χ2n) is 4.88. The van der Waals surface area contributed by atoms with E-state index >= 15 is 0 Å². The third kappa shape index (κ3) is 2.17. The number of hydrogen-bond donors (Lipinski definition) is 0. The average Bonchev–Trinajstić information content (AvgIpc) is 2.77. The molecule has 0 bridgehead atoms. The molecule has 2 unspecified atom stereocenters. The highest BCUT2D eigenvalue weighted by Crippen LogP contribution is 2.30. The van der Waals surface area contributed by atoms with E-state index < -0.39 is 0 Å². The molecule has 0 amide bonds. The topological polar surface area (TPSA) is 12.5 Å². The number of nitrogens with zero attached hydrogens (tertiary/aromatic N) is 1. The van der Waals surface area contributed by atoms with Crippen LogP contribution in [0.1, 0.15) is 5.56 Å². The normalized spacial score (nSPS) is 29.6. The van der Waals surface area contributed by atoms with Crippen molar-refractivity contribution in [2.75, 3.05) is 26.3 Å². The zero-order valence-corrected chi connectivity index (χ0v) is 10.8. The number of hydrogen-bond acceptors (Lipinski definition) is 2. The van der Waals surface area contributed by atoms with Gasteiger partial charge in [0.2, 0.25) is 0 Å². The molecular formula is C13H16BrNO. The van der Waals surface area contributed by atoms with Crippen LogP contribution in [0.2, 0.25) is 0 Å². The Hall–Kier alpha value is -0.380. The molecular weight excluding hydrogens is 266 g/mol. The SMILES string of the molecule is Brc1cccc(CN2CC3COCC3C2)c1. The van der Waals surface area contributed by atoms with Crippen LogP contribution >= 0.6 is 15.9 Å². The first kappa shape index (κ1) is 10.8. The third-order valence-corrected chi connectivity index (χ3v) is 4.10. The summed E-state index contributed by atoms with van der Waals surface area (Å²) < 4.78 is 6.67. The number of halogens is 1. The molecule has 1 aromatic rings. The first-order chi connectivity index (χ1) is 7.81. The number of rotatable bonds is 2. The van der Waals surface area contributed by atoms with Crippen LogP contribution in [-0.4, -0.2) is 31.2 Å². The highest BCUT2D eigenvalue weighted by Gasteiger charge is 2.36. The summed E-state index contributed by atoms with van der Waals surface area (Å²) in [5.74, 6) is 1.57. The van der Waals surface area contributed by atoms with Crippen molar-refractivity contribution in [2.45, 2.75) is 6.54 Å². The van der Waals surface area contributed by atoms with Gasteiger partial charge in [0.15, 0.2) is 0 Å². The van der Waals surface area contributed by atoms with Gasteiger partial charge in [0.05, 0.1) is 13.2 Å². The van der Waals surface area contributed by atoms with Gasteiger partial charge in [0.1, 0.15) is 0 Å². The first-order valence-corrected chi connectivity index (χ1v) is 6.65. The second kappa shape index (κ2) is 4.47. The Kier molecular flexibility index (Phi) is 3.01. The van der Waals surface area contributed by atoms with Crippen LogP contribution in [-0.2, 0) is 11.3 Å². The summed E-state index contributed by atoms with van der Waals surface area (Å²) in [6.07, 6.45) is 0. The Morgan fingerprint density at radius 1 is 1.25 bits per heavy atom. The zero-order valence-electron chi connectivity index (χ0n) is 9.23. The number of ether oxygens (including phenoxy) is 1. The molecule has 3 heteroatoms. The molecule has 2 saturated heterocycles. The minimum absolute atomic E-state index is 0.784. The molecule has 0 spiro atoms. The van der Waals surface area contributed by atoms with E-state index in [0.717, 1.165) is 31.6 Å². The predicted molar refractivity (Wildman–Crippen MR) is 67.2 cm³/mol. The Morgan fingerprint density at radius 3 is 2.69 bits per heavy atom. The molecule has 2 atom stereocenters. The number of likely N-dealkylation sites (tertiary alicyclic amines) is 1.